The van der Waals surface area contributed by atoms with Gasteiger partial charge in [0.05, 0.1) is 5.92 Å². The summed E-state index contributed by atoms with van der Waals surface area (Å²) in [6, 6.07) is -1.17. The Balaban J connectivity index is 2.16. The molecule has 0 bridgehead atoms. The first-order chi connectivity index (χ1) is 9.80. The molecule has 2 rings (SSSR count). The van der Waals surface area contributed by atoms with E-state index in [4.69, 9.17) is 9.84 Å². The number of halogens is 3. The maximum atomic E-state index is 12.8. The minimum absolute atomic E-state index is 0.0918. The lowest BCUT2D eigenvalue weighted by Crippen LogP contribution is -2.53. The molecular weight excluding hydrogens is 291 g/mol. The number of carbonyl (C=O) groups is 2. The van der Waals surface area contributed by atoms with Crippen molar-refractivity contribution < 1.29 is 32.6 Å². The molecule has 2 fully saturated rings. The quantitative estimate of drug-likeness (QED) is 0.863. The molecule has 1 amide bonds. The molecule has 2 unspecified atom stereocenters. The van der Waals surface area contributed by atoms with Gasteiger partial charge in [-0.1, -0.05) is 0 Å². The van der Waals surface area contributed by atoms with E-state index in [-0.39, 0.29) is 6.42 Å². The van der Waals surface area contributed by atoms with E-state index in [0.29, 0.717) is 38.9 Å². The molecule has 1 saturated carbocycles. The predicted molar refractivity (Wildman–Crippen MR) is 65.5 cm³/mol. The van der Waals surface area contributed by atoms with Gasteiger partial charge in [0.25, 0.3) is 0 Å². The summed E-state index contributed by atoms with van der Waals surface area (Å²) in [5.41, 5.74) is 0. The van der Waals surface area contributed by atoms with E-state index in [2.05, 4.69) is 0 Å². The van der Waals surface area contributed by atoms with E-state index in [1.807, 2.05) is 0 Å². The molecule has 120 valence electrons. The Morgan fingerprint density at radius 3 is 2.14 bits per heavy atom. The van der Waals surface area contributed by atoms with Crippen molar-refractivity contribution in [3.63, 3.8) is 0 Å². The van der Waals surface area contributed by atoms with Crippen molar-refractivity contribution in [1.82, 2.24) is 4.90 Å². The van der Waals surface area contributed by atoms with Crippen LogP contribution in [0.3, 0.4) is 0 Å². The van der Waals surface area contributed by atoms with Crippen molar-refractivity contribution in [2.24, 2.45) is 5.92 Å². The Morgan fingerprint density at radius 2 is 1.67 bits per heavy atom. The average Bonchev–Trinajstić information content (AvgIpc) is 2.89. The maximum Gasteiger partial charge on any atom is 0.471 e. The molecule has 5 nitrogen and oxygen atoms in total. The van der Waals surface area contributed by atoms with Crippen LogP contribution in [0.1, 0.15) is 32.1 Å². The van der Waals surface area contributed by atoms with E-state index in [1.54, 1.807) is 0 Å². The Hall–Kier alpha value is -1.31. The Morgan fingerprint density at radius 1 is 1.05 bits per heavy atom. The monoisotopic (exact) mass is 309 g/mol. The second kappa shape index (κ2) is 6.21. The van der Waals surface area contributed by atoms with Gasteiger partial charge in [0.15, 0.2) is 0 Å². The minimum atomic E-state index is -4.93. The maximum absolute atomic E-state index is 12.8. The van der Waals surface area contributed by atoms with Gasteiger partial charge < -0.3 is 14.7 Å². The number of carboxylic acid groups (broad SMARTS) is 1. The fourth-order valence-electron chi connectivity index (χ4n) is 3.17. The fraction of sp³-hybridized carbons (Fsp3) is 0.846. The topological polar surface area (TPSA) is 66.8 Å². The second-order valence-electron chi connectivity index (χ2n) is 5.56. The number of amides is 1. The van der Waals surface area contributed by atoms with Gasteiger partial charge in [0, 0.05) is 25.3 Å². The van der Waals surface area contributed by atoms with Gasteiger partial charge in [0.2, 0.25) is 0 Å². The van der Waals surface area contributed by atoms with Crippen LogP contribution < -0.4 is 0 Å². The first-order valence-corrected chi connectivity index (χ1v) is 7.00. The fourth-order valence-corrected chi connectivity index (χ4v) is 3.17. The first kappa shape index (κ1) is 16.1. The third-order valence-corrected chi connectivity index (χ3v) is 4.21. The molecule has 0 spiro atoms. The van der Waals surface area contributed by atoms with Crippen LogP contribution in [0.2, 0.25) is 0 Å². The summed E-state index contributed by atoms with van der Waals surface area (Å²) in [5, 5.41) is 8.98. The molecule has 1 N–H and O–H groups in total. The van der Waals surface area contributed by atoms with Gasteiger partial charge in [-0.3, -0.25) is 9.59 Å². The molecule has 2 atom stereocenters. The Labute approximate surface area is 120 Å². The summed E-state index contributed by atoms with van der Waals surface area (Å²) in [7, 11) is 0. The van der Waals surface area contributed by atoms with Crippen molar-refractivity contribution in [1.29, 1.82) is 0 Å². The molecule has 0 aromatic heterocycles. The van der Waals surface area contributed by atoms with Gasteiger partial charge in [0.1, 0.15) is 0 Å². The summed E-state index contributed by atoms with van der Waals surface area (Å²) in [6.45, 7) is 0.642. The van der Waals surface area contributed by atoms with E-state index < -0.39 is 36.1 Å². The van der Waals surface area contributed by atoms with Crippen molar-refractivity contribution in [2.45, 2.75) is 50.4 Å². The number of rotatable bonds is 3. The van der Waals surface area contributed by atoms with Gasteiger partial charge in [-0.15, -0.1) is 0 Å². The third-order valence-electron chi connectivity index (χ3n) is 4.21. The third kappa shape index (κ3) is 3.66. The van der Waals surface area contributed by atoms with Crippen LogP contribution in [0.5, 0.6) is 0 Å². The van der Waals surface area contributed by atoms with E-state index in [9.17, 15) is 22.8 Å². The van der Waals surface area contributed by atoms with Crippen molar-refractivity contribution >= 4 is 11.9 Å². The highest BCUT2D eigenvalue weighted by Gasteiger charge is 2.48. The van der Waals surface area contributed by atoms with Crippen LogP contribution in [0.25, 0.3) is 0 Å². The standard InChI is InChI=1S/C13H18F3NO4/c14-13(15,16)12(20)17(9-3-5-21-6-4-9)10-2-1-8(7-10)11(18)19/h8-10H,1-7H2,(H,18,19). The molecule has 1 aliphatic heterocycles. The molecular formula is C13H18F3NO4. The zero-order valence-corrected chi connectivity index (χ0v) is 11.4. The summed E-state index contributed by atoms with van der Waals surface area (Å²) in [5.74, 6) is -3.53. The molecule has 8 heteroatoms. The first-order valence-electron chi connectivity index (χ1n) is 7.00. The number of carbonyl (C=O) groups excluding carboxylic acids is 1. The highest BCUT2D eigenvalue weighted by atomic mass is 19.4. The molecule has 0 radical (unpaired) electrons. The van der Waals surface area contributed by atoms with Crippen LogP contribution >= 0.6 is 0 Å². The highest BCUT2D eigenvalue weighted by molar-refractivity contribution is 5.82. The lowest BCUT2D eigenvalue weighted by atomic mass is 10.0. The van der Waals surface area contributed by atoms with E-state index in [1.165, 1.54) is 0 Å². The van der Waals surface area contributed by atoms with Crippen LogP contribution in [-0.4, -0.2) is 53.4 Å². The van der Waals surface area contributed by atoms with Crippen molar-refractivity contribution in [2.75, 3.05) is 13.2 Å². The number of ether oxygens (including phenoxy) is 1. The minimum Gasteiger partial charge on any atom is -0.481 e. The average molecular weight is 309 g/mol. The zero-order valence-electron chi connectivity index (χ0n) is 11.4. The number of hydrogen-bond acceptors (Lipinski definition) is 3. The molecule has 1 heterocycles. The highest BCUT2D eigenvalue weighted by Crippen LogP contribution is 2.35. The van der Waals surface area contributed by atoms with E-state index >= 15 is 0 Å². The second-order valence-corrected chi connectivity index (χ2v) is 5.56. The van der Waals surface area contributed by atoms with Gasteiger partial charge in [-0.05, 0) is 32.1 Å². The summed E-state index contributed by atoms with van der Waals surface area (Å²) >= 11 is 0. The van der Waals surface area contributed by atoms with Crippen LogP contribution in [0.4, 0.5) is 13.2 Å². The van der Waals surface area contributed by atoms with Crippen LogP contribution in [-0.2, 0) is 14.3 Å². The van der Waals surface area contributed by atoms with Gasteiger partial charge in [-0.2, -0.15) is 13.2 Å². The smallest absolute Gasteiger partial charge is 0.471 e. The molecule has 1 aliphatic carbocycles. The molecule has 21 heavy (non-hydrogen) atoms. The normalized spacial score (nSPS) is 27.6. The number of carboxylic acids is 1. The Bertz CT molecular complexity index is 407. The van der Waals surface area contributed by atoms with Gasteiger partial charge in [-0.25, -0.2) is 0 Å². The number of alkyl halides is 3. The largest absolute Gasteiger partial charge is 0.481 e. The molecule has 2 aliphatic rings. The van der Waals surface area contributed by atoms with Gasteiger partial charge >= 0.3 is 18.1 Å². The van der Waals surface area contributed by atoms with E-state index in [0.717, 1.165) is 4.90 Å². The number of hydrogen-bond donors (Lipinski definition) is 1. The molecule has 0 aromatic rings. The SMILES string of the molecule is O=C(O)C1CCC(N(C(=O)C(F)(F)F)C2CCOCC2)C1. The Kier molecular flexibility index (Phi) is 4.75. The summed E-state index contributed by atoms with van der Waals surface area (Å²) in [6.07, 6.45) is -3.51. The lowest BCUT2D eigenvalue weighted by molar-refractivity contribution is -0.192. The summed E-state index contributed by atoms with van der Waals surface area (Å²) in [4.78, 5) is 23.6. The number of nitrogens with zero attached hydrogens (tertiary/aromatic N) is 1. The van der Waals surface area contributed by atoms with Crippen LogP contribution in [0.15, 0.2) is 0 Å². The zero-order chi connectivity index (χ0) is 15.6. The van der Waals surface area contributed by atoms with Crippen LogP contribution in [0, 0.1) is 5.92 Å². The molecule has 0 aromatic carbocycles. The lowest BCUT2D eigenvalue weighted by Gasteiger charge is -2.38. The summed E-state index contributed by atoms with van der Waals surface area (Å²) < 4.78 is 43.6. The van der Waals surface area contributed by atoms with Crippen molar-refractivity contribution in [3.05, 3.63) is 0 Å². The van der Waals surface area contributed by atoms with Crippen molar-refractivity contribution in [3.8, 4) is 0 Å². The predicted octanol–water partition coefficient (Wildman–Crippen LogP) is 1.81. The number of aliphatic carboxylic acids is 1. The molecule has 1 saturated heterocycles.